The summed E-state index contributed by atoms with van der Waals surface area (Å²) < 4.78 is 4.93. The number of benzene rings is 8. The molecule has 0 N–H and O–H groups in total. The first kappa shape index (κ1) is 35.3. The van der Waals surface area contributed by atoms with Crippen LogP contribution in [0.2, 0.25) is 0 Å². The Morgan fingerprint density at radius 1 is 0.433 bits per heavy atom. The van der Waals surface area contributed by atoms with Crippen molar-refractivity contribution in [2.75, 3.05) is 0 Å². The highest BCUT2D eigenvalue weighted by molar-refractivity contribution is 7.26. The van der Waals surface area contributed by atoms with E-state index in [1.807, 2.05) is 0 Å². The molecule has 0 atom stereocenters. The minimum atomic E-state index is 0.0879. The zero-order valence-corrected chi connectivity index (χ0v) is 34.9. The Bertz CT molecular complexity index is 3560. The first-order valence-corrected chi connectivity index (χ1v) is 21.8. The summed E-state index contributed by atoms with van der Waals surface area (Å²) >= 11 is 1.80. The number of aromatic nitrogens is 4. The van der Waals surface area contributed by atoms with Gasteiger partial charge in [-0.1, -0.05) is 143 Å². The molecule has 11 aromatic rings. The van der Waals surface area contributed by atoms with Gasteiger partial charge in [-0.15, -0.1) is 11.3 Å². The molecular formula is C55H42N4S. The van der Waals surface area contributed by atoms with Gasteiger partial charge in [0.1, 0.15) is 0 Å². The van der Waals surface area contributed by atoms with Crippen LogP contribution < -0.4 is 0 Å². The van der Waals surface area contributed by atoms with Crippen molar-refractivity contribution in [1.29, 1.82) is 0 Å². The van der Waals surface area contributed by atoms with Crippen LogP contribution in [0.4, 0.5) is 0 Å². The molecule has 12 rings (SSSR count). The molecule has 3 aromatic heterocycles. The summed E-state index contributed by atoms with van der Waals surface area (Å²) in [6.07, 6.45) is 2.35. The van der Waals surface area contributed by atoms with Crippen molar-refractivity contribution in [1.82, 2.24) is 19.5 Å². The standard InChI is InChI=1S/C55H42N4S/c1-54(2)29-30-55(3,4)45-32-48-43(31-44(45)54)37-20-9-11-25-46(37)59(48)47-28-27-41(35-18-7-8-19-36(35)47)52-56-51(40-23-13-16-33-15-5-6-17-34(33)40)57-53(58-52)42-24-14-22-39-38-21-10-12-26-49(38)60-50(39)42/h5-28,31-32H,29-30H2,1-4H3. The number of fused-ring (bicyclic) bond motifs is 9. The van der Waals surface area contributed by atoms with Crippen molar-refractivity contribution in [2.24, 2.45) is 0 Å². The van der Waals surface area contributed by atoms with E-state index in [1.54, 1.807) is 11.3 Å². The van der Waals surface area contributed by atoms with Gasteiger partial charge in [-0.2, -0.15) is 0 Å². The predicted octanol–water partition coefficient (Wildman–Crippen LogP) is 15.0. The molecule has 8 aromatic carbocycles. The average molecular weight is 791 g/mol. The third kappa shape index (κ3) is 5.25. The van der Waals surface area contributed by atoms with Gasteiger partial charge in [-0.05, 0) is 93.4 Å². The summed E-state index contributed by atoms with van der Waals surface area (Å²) in [5, 5.41) is 9.57. The lowest BCUT2D eigenvalue weighted by atomic mass is 9.63. The summed E-state index contributed by atoms with van der Waals surface area (Å²) in [5.74, 6) is 1.99. The first-order valence-electron chi connectivity index (χ1n) is 21.0. The highest BCUT2D eigenvalue weighted by Gasteiger charge is 2.38. The van der Waals surface area contributed by atoms with Crippen molar-refractivity contribution >= 4 is 74.9 Å². The van der Waals surface area contributed by atoms with Crippen LogP contribution in [0.1, 0.15) is 51.7 Å². The van der Waals surface area contributed by atoms with Crippen LogP contribution in [0, 0.1) is 0 Å². The van der Waals surface area contributed by atoms with Crippen molar-refractivity contribution in [2.45, 2.75) is 51.4 Å². The van der Waals surface area contributed by atoms with Gasteiger partial charge in [0.15, 0.2) is 17.5 Å². The summed E-state index contributed by atoms with van der Waals surface area (Å²) in [6.45, 7) is 9.67. The van der Waals surface area contributed by atoms with Crippen LogP contribution in [0.3, 0.4) is 0 Å². The second kappa shape index (κ2) is 12.9. The Hall–Kier alpha value is -6.69. The lowest BCUT2D eigenvalue weighted by Gasteiger charge is -2.42. The Labute approximate surface area is 352 Å². The number of rotatable bonds is 4. The largest absolute Gasteiger partial charge is 0.309 e. The number of hydrogen-bond donors (Lipinski definition) is 0. The van der Waals surface area contributed by atoms with E-state index in [0.717, 1.165) is 43.9 Å². The fourth-order valence-electron chi connectivity index (χ4n) is 10.0. The summed E-state index contributed by atoms with van der Waals surface area (Å²) in [6, 6.07) is 57.2. The van der Waals surface area contributed by atoms with Crippen LogP contribution >= 0.6 is 11.3 Å². The molecule has 0 bridgehead atoms. The second-order valence-corrected chi connectivity index (χ2v) is 18.9. The lowest BCUT2D eigenvalue weighted by Crippen LogP contribution is -2.33. The summed E-state index contributed by atoms with van der Waals surface area (Å²) in [7, 11) is 0. The van der Waals surface area contributed by atoms with Crippen LogP contribution in [-0.4, -0.2) is 19.5 Å². The maximum absolute atomic E-state index is 5.40. The zero-order valence-electron chi connectivity index (χ0n) is 34.1. The van der Waals surface area contributed by atoms with Crippen molar-refractivity contribution in [3.63, 3.8) is 0 Å². The van der Waals surface area contributed by atoms with E-state index >= 15 is 0 Å². The molecular weight excluding hydrogens is 749 g/mol. The molecule has 0 aliphatic heterocycles. The lowest BCUT2D eigenvalue weighted by molar-refractivity contribution is 0.332. The molecule has 5 heteroatoms. The van der Waals surface area contributed by atoms with Crippen molar-refractivity contribution < 1.29 is 0 Å². The van der Waals surface area contributed by atoms with Gasteiger partial charge in [0.2, 0.25) is 0 Å². The normalized spacial score (nSPS) is 14.8. The maximum atomic E-state index is 5.40. The van der Waals surface area contributed by atoms with Crippen LogP contribution in [-0.2, 0) is 10.8 Å². The molecule has 1 aliphatic carbocycles. The van der Waals surface area contributed by atoms with E-state index in [2.05, 4.69) is 190 Å². The van der Waals surface area contributed by atoms with Gasteiger partial charge in [0.05, 0.1) is 16.7 Å². The molecule has 60 heavy (non-hydrogen) atoms. The van der Waals surface area contributed by atoms with Gasteiger partial charge in [-0.3, -0.25) is 0 Å². The number of para-hydroxylation sites is 1. The van der Waals surface area contributed by atoms with Gasteiger partial charge < -0.3 is 4.57 Å². The molecule has 4 nitrogen and oxygen atoms in total. The quantitative estimate of drug-likeness (QED) is 0.178. The monoisotopic (exact) mass is 790 g/mol. The third-order valence-electron chi connectivity index (χ3n) is 13.3. The van der Waals surface area contributed by atoms with Crippen molar-refractivity contribution in [3.05, 3.63) is 169 Å². The SMILES string of the molecule is CC1(C)CCC(C)(C)c2cc3c(cc21)c1ccccc1n3-c1ccc(-c2nc(-c3cccc4ccccc34)nc(-c3cccc4c3sc3ccccc34)n2)c2ccccc12. The molecule has 0 spiro atoms. The van der Waals surface area contributed by atoms with Gasteiger partial charge >= 0.3 is 0 Å². The topological polar surface area (TPSA) is 43.6 Å². The fourth-order valence-corrected chi connectivity index (χ4v) is 11.3. The van der Waals surface area contributed by atoms with Crippen LogP contribution in [0.25, 0.3) is 103 Å². The smallest absolute Gasteiger partial charge is 0.165 e. The minimum Gasteiger partial charge on any atom is -0.309 e. The third-order valence-corrected chi connectivity index (χ3v) is 14.6. The molecule has 0 radical (unpaired) electrons. The molecule has 0 saturated carbocycles. The highest BCUT2D eigenvalue weighted by atomic mass is 32.1. The van der Waals surface area contributed by atoms with E-state index < -0.39 is 0 Å². The minimum absolute atomic E-state index is 0.0879. The molecule has 3 heterocycles. The van der Waals surface area contributed by atoms with E-state index in [1.165, 1.54) is 65.9 Å². The number of hydrogen-bond acceptors (Lipinski definition) is 4. The molecule has 0 amide bonds. The summed E-state index contributed by atoms with van der Waals surface area (Å²) in [4.78, 5) is 16.1. The van der Waals surface area contributed by atoms with Gasteiger partial charge in [0, 0.05) is 53.0 Å². The first-order chi connectivity index (χ1) is 29.2. The van der Waals surface area contributed by atoms with Crippen LogP contribution in [0.5, 0.6) is 0 Å². The van der Waals surface area contributed by atoms with E-state index in [9.17, 15) is 0 Å². The van der Waals surface area contributed by atoms with E-state index in [-0.39, 0.29) is 10.8 Å². The predicted molar refractivity (Wildman–Crippen MR) is 254 cm³/mol. The Morgan fingerprint density at radius 3 is 1.77 bits per heavy atom. The highest BCUT2D eigenvalue weighted by Crippen LogP contribution is 2.49. The summed E-state index contributed by atoms with van der Waals surface area (Å²) in [5.41, 5.74) is 9.73. The van der Waals surface area contributed by atoms with Crippen molar-refractivity contribution in [3.8, 4) is 39.9 Å². The second-order valence-electron chi connectivity index (χ2n) is 17.8. The van der Waals surface area contributed by atoms with Gasteiger partial charge in [0.25, 0.3) is 0 Å². The Balaban J connectivity index is 1.12. The fraction of sp³-hybridized carbons (Fsp3) is 0.145. The Morgan fingerprint density at radius 2 is 0.983 bits per heavy atom. The molecule has 288 valence electrons. The number of nitrogens with zero attached hydrogens (tertiary/aromatic N) is 4. The number of thiophene rings is 1. The molecule has 0 unspecified atom stereocenters. The van der Waals surface area contributed by atoms with Crippen LogP contribution in [0.15, 0.2) is 158 Å². The van der Waals surface area contributed by atoms with Gasteiger partial charge in [-0.25, -0.2) is 15.0 Å². The molecule has 0 fully saturated rings. The maximum Gasteiger partial charge on any atom is 0.165 e. The Kier molecular flexibility index (Phi) is 7.59. The zero-order chi connectivity index (χ0) is 40.3. The average Bonchev–Trinajstić information content (AvgIpc) is 3.82. The molecule has 1 aliphatic rings. The van der Waals surface area contributed by atoms with E-state index in [0.29, 0.717) is 17.5 Å². The van der Waals surface area contributed by atoms with E-state index in [4.69, 9.17) is 15.0 Å². The molecule has 0 saturated heterocycles.